The van der Waals surface area contributed by atoms with Gasteiger partial charge in [-0.2, -0.15) is 0 Å². The van der Waals surface area contributed by atoms with Gasteiger partial charge in [0.2, 0.25) is 0 Å². The summed E-state index contributed by atoms with van der Waals surface area (Å²) in [7, 11) is 0. The molecule has 6 nitrogen and oxygen atoms in total. The van der Waals surface area contributed by atoms with Crippen molar-refractivity contribution < 1.29 is 14.7 Å². The monoisotopic (exact) mass is 273 g/mol. The van der Waals surface area contributed by atoms with Gasteiger partial charge in [0.1, 0.15) is 11.5 Å². The molecule has 104 valence electrons. The summed E-state index contributed by atoms with van der Waals surface area (Å²) in [4.78, 5) is 30.0. The molecule has 0 radical (unpaired) electrons. The number of aromatic amines is 1. The summed E-state index contributed by atoms with van der Waals surface area (Å²) in [5, 5.41) is 11.7. The third kappa shape index (κ3) is 2.54. The third-order valence-corrected chi connectivity index (χ3v) is 3.04. The lowest BCUT2D eigenvalue weighted by molar-refractivity contribution is 0.0690. The number of hydrogen-bond acceptors (Lipinski definition) is 3. The zero-order valence-electron chi connectivity index (χ0n) is 11.4. The summed E-state index contributed by atoms with van der Waals surface area (Å²) >= 11 is 0. The molecule has 0 saturated heterocycles. The van der Waals surface area contributed by atoms with Gasteiger partial charge in [-0.25, -0.2) is 9.78 Å². The number of hydrogen-bond donors (Lipinski definition) is 3. The fraction of sp³-hybridized carbons (Fsp3) is 0.214. The standard InChI is InChI=1S/C14H15N3O3/c1-7-4-5-15-10(6-7)17-13(18)11-8(2)12(14(19)20)16-9(11)3/h4-6,16H,1-3H3,(H,19,20)(H,15,17,18). The minimum absolute atomic E-state index is 0.0323. The summed E-state index contributed by atoms with van der Waals surface area (Å²) in [5.41, 5.74) is 2.28. The third-order valence-electron chi connectivity index (χ3n) is 3.04. The van der Waals surface area contributed by atoms with Crippen molar-refractivity contribution in [2.75, 3.05) is 5.32 Å². The summed E-state index contributed by atoms with van der Waals surface area (Å²) < 4.78 is 0. The van der Waals surface area contributed by atoms with E-state index in [2.05, 4.69) is 15.3 Å². The largest absolute Gasteiger partial charge is 0.477 e. The molecule has 2 aromatic heterocycles. The quantitative estimate of drug-likeness (QED) is 0.799. The maximum Gasteiger partial charge on any atom is 0.352 e. The lowest BCUT2D eigenvalue weighted by Gasteiger charge is -2.05. The van der Waals surface area contributed by atoms with Crippen LogP contribution in [0.15, 0.2) is 18.3 Å². The molecule has 0 aliphatic carbocycles. The Morgan fingerprint density at radius 2 is 2.00 bits per heavy atom. The Hall–Kier alpha value is -2.63. The number of nitrogens with zero attached hydrogens (tertiary/aromatic N) is 1. The highest BCUT2D eigenvalue weighted by molar-refractivity contribution is 6.07. The van der Waals surface area contributed by atoms with Gasteiger partial charge in [0, 0.05) is 11.9 Å². The van der Waals surface area contributed by atoms with Crippen LogP contribution in [0.3, 0.4) is 0 Å². The SMILES string of the molecule is Cc1ccnc(NC(=O)c2c(C)[nH]c(C(=O)O)c2C)c1. The molecule has 2 heterocycles. The smallest absolute Gasteiger partial charge is 0.352 e. The number of aryl methyl sites for hydroxylation is 2. The number of rotatable bonds is 3. The number of aromatic carboxylic acids is 1. The number of pyridine rings is 1. The first kappa shape index (κ1) is 13.8. The number of amides is 1. The molecule has 6 heteroatoms. The topological polar surface area (TPSA) is 95.1 Å². The Bertz CT molecular complexity index is 689. The lowest BCUT2D eigenvalue weighted by atomic mass is 10.1. The van der Waals surface area contributed by atoms with Gasteiger partial charge < -0.3 is 15.4 Å². The summed E-state index contributed by atoms with van der Waals surface area (Å²) in [6.07, 6.45) is 1.60. The van der Waals surface area contributed by atoms with Gasteiger partial charge in [-0.15, -0.1) is 0 Å². The van der Waals surface area contributed by atoms with Crippen molar-refractivity contribution in [1.29, 1.82) is 0 Å². The number of H-pyrrole nitrogens is 1. The van der Waals surface area contributed by atoms with Gasteiger partial charge in [-0.1, -0.05) is 0 Å². The second kappa shape index (κ2) is 5.16. The predicted molar refractivity (Wildman–Crippen MR) is 74.2 cm³/mol. The van der Waals surface area contributed by atoms with E-state index in [0.717, 1.165) is 5.56 Å². The van der Waals surface area contributed by atoms with Crippen LogP contribution in [0.2, 0.25) is 0 Å². The molecule has 3 N–H and O–H groups in total. The van der Waals surface area contributed by atoms with Crippen LogP contribution >= 0.6 is 0 Å². The Labute approximate surface area is 115 Å². The molecule has 0 atom stereocenters. The fourth-order valence-electron chi connectivity index (χ4n) is 2.09. The van der Waals surface area contributed by atoms with Crippen LogP contribution in [0.1, 0.15) is 37.7 Å². The Morgan fingerprint density at radius 3 is 2.55 bits per heavy atom. The average Bonchev–Trinajstić information content (AvgIpc) is 2.65. The molecular weight excluding hydrogens is 258 g/mol. The van der Waals surface area contributed by atoms with Crippen LogP contribution in [0.5, 0.6) is 0 Å². The van der Waals surface area contributed by atoms with Crippen LogP contribution < -0.4 is 5.32 Å². The van der Waals surface area contributed by atoms with Gasteiger partial charge >= 0.3 is 5.97 Å². The second-order valence-corrected chi connectivity index (χ2v) is 4.60. The van der Waals surface area contributed by atoms with Crippen LogP contribution in [0.25, 0.3) is 0 Å². The van der Waals surface area contributed by atoms with E-state index in [9.17, 15) is 9.59 Å². The van der Waals surface area contributed by atoms with Crippen molar-refractivity contribution in [2.24, 2.45) is 0 Å². The van der Waals surface area contributed by atoms with E-state index in [1.165, 1.54) is 0 Å². The fourth-order valence-corrected chi connectivity index (χ4v) is 2.09. The van der Waals surface area contributed by atoms with E-state index in [4.69, 9.17) is 5.11 Å². The second-order valence-electron chi connectivity index (χ2n) is 4.60. The zero-order chi connectivity index (χ0) is 14.9. The number of carbonyl (C=O) groups excluding carboxylic acids is 1. The van der Waals surface area contributed by atoms with Crippen LogP contribution in [0.4, 0.5) is 5.82 Å². The minimum Gasteiger partial charge on any atom is -0.477 e. The molecule has 0 spiro atoms. The molecular formula is C14H15N3O3. The molecule has 0 aliphatic heterocycles. The number of carboxylic acid groups (broad SMARTS) is 1. The molecule has 0 aromatic carbocycles. The van der Waals surface area contributed by atoms with Crippen LogP contribution in [-0.2, 0) is 0 Å². The summed E-state index contributed by atoms with van der Waals surface area (Å²) in [5.74, 6) is -1.02. The summed E-state index contributed by atoms with van der Waals surface area (Å²) in [6.45, 7) is 5.16. The van der Waals surface area contributed by atoms with Crippen molar-refractivity contribution in [1.82, 2.24) is 9.97 Å². The Balaban J connectivity index is 2.32. The summed E-state index contributed by atoms with van der Waals surface area (Å²) in [6, 6.07) is 3.57. The van der Waals surface area contributed by atoms with Gasteiger partial charge in [0.25, 0.3) is 5.91 Å². The number of anilines is 1. The highest BCUT2D eigenvalue weighted by Crippen LogP contribution is 2.19. The van der Waals surface area contributed by atoms with Crippen LogP contribution in [0, 0.1) is 20.8 Å². The van der Waals surface area contributed by atoms with E-state index in [1.807, 2.05) is 13.0 Å². The van der Waals surface area contributed by atoms with E-state index < -0.39 is 5.97 Å². The molecule has 2 aromatic rings. The maximum absolute atomic E-state index is 12.2. The predicted octanol–water partition coefficient (Wildman–Crippen LogP) is 2.29. The minimum atomic E-state index is -1.08. The van der Waals surface area contributed by atoms with Crippen LogP contribution in [-0.4, -0.2) is 27.0 Å². The van der Waals surface area contributed by atoms with Crippen molar-refractivity contribution in [2.45, 2.75) is 20.8 Å². The first-order chi connectivity index (χ1) is 9.40. The number of carbonyl (C=O) groups is 2. The van der Waals surface area contributed by atoms with Crippen molar-refractivity contribution >= 4 is 17.7 Å². The van der Waals surface area contributed by atoms with Crippen molar-refractivity contribution in [3.8, 4) is 0 Å². The highest BCUT2D eigenvalue weighted by Gasteiger charge is 2.21. The van der Waals surface area contributed by atoms with Crippen molar-refractivity contribution in [3.63, 3.8) is 0 Å². The molecule has 0 saturated carbocycles. The normalized spacial score (nSPS) is 10.3. The Morgan fingerprint density at radius 1 is 1.30 bits per heavy atom. The average molecular weight is 273 g/mol. The first-order valence-electron chi connectivity index (χ1n) is 6.06. The van der Waals surface area contributed by atoms with Gasteiger partial charge in [0.15, 0.2) is 0 Å². The number of nitrogens with one attached hydrogen (secondary N) is 2. The molecule has 0 fully saturated rings. The van der Waals surface area contributed by atoms with Gasteiger partial charge in [0.05, 0.1) is 5.56 Å². The lowest BCUT2D eigenvalue weighted by Crippen LogP contribution is -2.14. The number of aromatic nitrogens is 2. The molecule has 0 unspecified atom stereocenters. The van der Waals surface area contributed by atoms with Gasteiger partial charge in [-0.05, 0) is 44.0 Å². The number of carboxylic acids is 1. The van der Waals surface area contributed by atoms with E-state index in [0.29, 0.717) is 22.6 Å². The Kier molecular flexibility index (Phi) is 3.56. The van der Waals surface area contributed by atoms with Crippen molar-refractivity contribution in [3.05, 3.63) is 46.4 Å². The molecule has 0 bridgehead atoms. The molecule has 20 heavy (non-hydrogen) atoms. The molecule has 0 aliphatic rings. The molecule has 2 rings (SSSR count). The highest BCUT2D eigenvalue weighted by atomic mass is 16.4. The van der Waals surface area contributed by atoms with E-state index in [1.54, 1.807) is 26.1 Å². The molecule has 1 amide bonds. The van der Waals surface area contributed by atoms with E-state index >= 15 is 0 Å². The zero-order valence-corrected chi connectivity index (χ0v) is 11.4. The van der Waals surface area contributed by atoms with Gasteiger partial charge in [-0.3, -0.25) is 4.79 Å². The first-order valence-corrected chi connectivity index (χ1v) is 6.06. The van der Waals surface area contributed by atoms with E-state index in [-0.39, 0.29) is 11.6 Å². The maximum atomic E-state index is 12.2.